The van der Waals surface area contributed by atoms with Crippen molar-refractivity contribution in [2.24, 2.45) is 0 Å². The van der Waals surface area contributed by atoms with Gasteiger partial charge in [-0.2, -0.15) is 0 Å². The highest BCUT2D eigenvalue weighted by atomic mass is 35.5. The van der Waals surface area contributed by atoms with Gasteiger partial charge in [0.25, 0.3) is 0 Å². The molecule has 0 radical (unpaired) electrons. The van der Waals surface area contributed by atoms with Gasteiger partial charge >= 0.3 is 0 Å². The van der Waals surface area contributed by atoms with Crippen LogP contribution in [0.15, 0.2) is 42.7 Å². The number of hydrogen-bond donors (Lipinski definition) is 1. The van der Waals surface area contributed by atoms with Gasteiger partial charge in [-0.15, -0.1) is 0 Å². The highest BCUT2D eigenvalue weighted by molar-refractivity contribution is 6.30. The fourth-order valence-electron chi connectivity index (χ4n) is 1.67. The minimum Gasteiger partial charge on any atom is -0.306 e. The van der Waals surface area contributed by atoms with E-state index in [0.717, 1.165) is 11.1 Å². The minimum atomic E-state index is -0.384. The first-order valence-electron chi connectivity index (χ1n) is 5.74. The molecule has 0 aliphatic heterocycles. The van der Waals surface area contributed by atoms with Crippen LogP contribution < -0.4 is 5.32 Å². The van der Waals surface area contributed by atoms with Crippen molar-refractivity contribution in [3.05, 3.63) is 64.7 Å². The second-order valence-electron chi connectivity index (χ2n) is 4.14. The monoisotopic (exact) mass is 264 g/mol. The van der Waals surface area contributed by atoms with E-state index in [1.165, 1.54) is 6.07 Å². The third kappa shape index (κ3) is 3.28. The first-order valence-corrected chi connectivity index (χ1v) is 6.12. The molecule has 1 atom stereocenters. The first kappa shape index (κ1) is 13.0. The van der Waals surface area contributed by atoms with Gasteiger partial charge in [-0.25, -0.2) is 4.39 Å². The van der Waals surface area contributed by atoms with E-state index < -0.39 is 0 Å². The summed E-state index contributed by atoms with van der Waals surface area (Å²) in [4.78, 5) is 4.07. The molecule has 2 nitrogen and oxygen atoms in total. The van der Waals surface area contributed by atoms with E-state index in [4.69, 9.17) is 11.6 Å². The lowest BCUT2D eigenvalue weighted by molar-refractivity contribution is 0.568. The van der Waals surface area contributed by atoms with Crippen molar-refractivity contribution >= 4 is 11.6 Å². The van der Waals surface area contributed by atoms with Crippen LogP contribution in [0.25, 0.3) is 0 Å². The van der Waals surface area contributed by atoms with Gasteiger partial charge in [-0.05, 0) is 36.2 Å². The van der Waals surface area contributed by atoms with Gasteiger partial charge in [-0.3, -0.25) is 4.98 Å². The van der Waals surface area contributed by atoms with E-state index in [1.54, 1.807) is 12.3 Å². The van der Waals surface area contributed by atoms with Crippen LogP contribution in [0.4, 0.5) is 4.39 Å². The Morgan fingerprint density at radius 2 is 2.22 bits per heavy atom. The van der Waals surface area contributed by atoms with Crippen molar-refractivity contribution in [1.29, 1.82) is 0 Å². The minimum absolute atomic E-state index is 0.152. The van der Waals surface area contributed by atoms with Crippen molar-refractivity contribution in [2.45, 2.75) is 19.5 Å². The summed E-state index contributed by atoms with van der Waals surface area (Å²) < 4.78 is 13.3. The molecule has 0 unspecified atom stereocenters. The molecule has 2 aromatic rings. The summed E-state index contributed by atoms with van der Waals surface area (Å²) in [5.41, 5.74) is 1.97. The molecule has 0 fully saturated rings. The normalized spacial score (nSPS) is 12.4. The molecule has 1 aromatic heterocycles. The van der Waals surface area contributed by atoms with Gasteiger partial charge in [0.1, 0.15) is 5.82 Å². The Morgan fingerprint density at radius 3 is 2.89 bits per heavy atom. The zero-order valence-electron chi connectivity index (χ0n) is 10.0. The summed E-state index contributed by atoms with van der Waals surface area (Å²) in [6.45, 7) is 2.63. The number of rotatable bonds is 4. The molecule has 2 rings (SSSR count). The largest absolute Gasteiger partial charge is 0.306 e. The van der Waals surface area contributed by atoms with E-state index in [1.807, 2.05) is 31.3 Å². The Balaban J connectivity index is 1.97. The summed E-state index contributed by atoms with van der Waals surface area (Å²) in [5.74, 6) is -0.384. The molecule has 4 heteroatoms. The van der Waals surface area contributed by atoms with E-state index in [9.17, 15) is 4.39 Å². The number of aromatic nitrogens is 1. The molecule has 0 amide bonds. The van der Waals surface area contributed by atoms with E-state index >= 15 is 0 Å². The van der Waals surface area contributed by atoms with Crippen LogP contribution in [-0.2, 0) is 6.54 Å². The molecule has 0 saturated carbocycles. The molecule has 0 spiro atoms. The summed E-state index contributed by atoms with van der Waals surface area (Å²) in [7, 11) is 0. The lowest BCUT2D eigenvalue weighted by atomic mass is 10.1. The molecule has 0 aliphatic carbocycles. The molecular weight excluding hydrogens is 251 g/mol. The second kappa shape index (κ2) is 5.94. The van der Waals surface area contributed by atoms with E-state index in [-0.39, 0.29) is 16.9 Å². The van der Waals surface area contributed by atoms with Crippen molar-refractivity contribution in [3.63, 3.8) is 0 Å². The second-order valence-corrected chi connectivity index (χ2v) is 4.54. The average molecular weight is 265 g/mol. The zero-order chi connectivity index (χ0) is 13.0. The topological polar surface area (TPSA) is 24.9 Å². The average Bonchev–Trinajstić information content (AvgIpc) is 2.41. The summed E-state index contributed by atoms with van der Waals surface area (Å²) in [5, 5.41) is 3.46. The van der Waals surface area contributed by atoms with E-state index in [2.05, 4.69) is 10.3 Å². The Hall–Kier alpha value is -1.45. The Labute approximate surface area is 111 Å². The molecule has 1 aromatic carbocycles. The maximum Gasteiger partial charge on any atom is 0.142 e. The number of nitrogens with one attached hydrogen (secondary N) is 1. The summed E-state index contributed by atoms with van der Waals surface area (Å²) in [6.07, 6.45) is 3.56. The van der Waals surface area contributed by atoms with Gasteiger partial charge in [0, 0.05) is 25.0 Å². The lowest BCUT2D eigenvalue weighted by Gasteiger charge is -2.13. The third-order valence-electron chi connectivity index (χ3n) is 2.78. The van der Waals surface area contributed by atoms with Gasteiger partial charge < -0.3 is 5.32 Å². The smallest absolute Gasteiger partial charge is 0.142 e. The van der Waals surface area contributed by atoms with Crippen molar-refractivity contribution in [3.8, 4) is 0 Å². The molecule has 0 aliphatic rings. The predicted octanol–water partition coefficient (Wildman–Crippen LogP) is 3.72. The van der Waals surface area contributed by atoms with Crippen LogP contribution in [0.5, 0.6) is 0 Å². The predicted molar refractivity (Wildman–Crippen MR) is 70.9 cm³/mol. The van der Waals surface area contributed by atoms with Gasteiger partial charge in [-0.1, -0.05) is 23.7 Å². The van der Waals surface area contributed by atoms with Gasteiger partial charge in [0.2, 0.25) is 0 Å². The molecule has 0 saturated heterocycles. The van der Waals surface area contributed by atoms with Crippen LogP contribution in [-0.4, -0.2) is 4.98 Å². The van der Waals surface area contributed by atoms with Crippen molar-refractivity contribution in [2.75, 3.05) is 0 Å². The Kier molecular flexibility index (Phi) is 4.28. The quantitative estimate of drug-likeness (QED) is 0.910. The molecule has 1 heterocycles. The molecule has 1 N–H and O–H groups in total. The standard InChI is InChI=1S/C14H14ClFN2/c1-10(12-3-2-6-17-9-12)18-8-11-4-5-13(15)14(16)7-11/h2-7,9-10,18H,8H2,1H3/t10-/m1/s1. The molecule has 94 valence electrons. The number of nitrogens with zero attached hydrogens (tertiary/aromatic N) is 1. The van der Waals surface area contributed by atoms with Crippen LogP contribution in [0, 0.1) is 5.82 Å². The maximum atomic E-state index is 13.3. The number of hydrogen-bond acceptors (Lipinski definition) is 2. The van der Waals surface area contributed by atoms with Crippen molar-refractivity contribution in [1.82, 2.24) is 10.3 Å². The SMILES string of the molecule is C[C@@H](NCc1ccc(Cl)c(F)c1)c1cccnc1. The zero-order valence-corrected chi connectivity index (χ0v) is 10.8. The Bertz CT molecular complexity index is 516. The van der Waals surface area contributed by atoms with Gasteiger partial charge in [0.15, 0.2) is 0 Å². The van der Waals surface area contributed by atoms with Crippen LogP contribution in [0.3, 0.4) is 0 Å². The van der Waals surface area contributed by atoms with E-state index in [0.29, 0.717) is 6.54 Å². The van der Waals surface area contributed by atoms with Crippen LogP contribution >= 0.6 is 11.6 Å². The highest BCUT2D eigenvalue weighted by Crippen LogP contribution is 2.16. The van der Waals surface area contributed by atoms with Crippen LogP contribution in [0.2, 0.25) is 5.02 Å². The summed E-state index contributed by atoms with van der Waals surface area (Å²) >= 11 is 5.64. The maximum absolute atomic E-state index is 13.3. The summed E-state index contributed by atoms with van der Waals surface area (Å²) in [6, 6.07) is 8.91. The number of halogens is 2. The molecule has 18 heavy (non-hydrogen) atoms. The Morgan fingerprint density at radius 1 is 1.39 bits per heavy atom. The molecule has 0 bridgehead atoms. The van der Waals surface area contributed by atoms with Crippen molar-refractivity contribution < 1.29 is 4.39 Å². The third-order valence-corrected chi connectivity index (χ3v) is 3.09. The van der Waals surface area contributed by atoms with Crippen LogP contribution in [0.1, 0.15) is 24.1 Å². The highest BCUT2D eigenvalue weighted by Gasteiger charge is 2.05. The number of pyridine rings is 1. The fourth-order valence-corrected chi connectivity index (χ4v) is 1.79. The fraction of sp³-hybridized carbons (Fsp3) is 0.214. The number of benzene rings is 1. The lowest BCUT2D eigenvalue weighted by Crippen LogP contribution is -2.18. The molecular formula is C14H14ClFN2. The first-order chi connectivity index (χ1) is 8.66. The van der Waals surface area contributed by atoms with Gasteiger partial charge in [0.05, 0.1) is 5.02 Å².